The average Bonchev–Trinajstić information content (AvgIpc) is 2.69. The molecule has 0 aliphatic carbocycles. The Morgan fingerprint density at radius 3 is 2.48 bits per heavy atom. The first-order valence-corrected chi connectivity index (χ1v) is 11.2. The number of rotatable bonds is 13. The first kappa shape index (κ1) is 21.6. The fraction of sp³-hybridized carbons (Fsp3) is 0.421. The van der Waals surface area contributed by atoms with Gasteiger partial charge in [-0.25, -0.2) is 0 Å². The number of aromatic nitrogens is 1. The molecule has 0 saturated carbocycles. The van der Waals surface area contributed by atoms with Crippen molar-refractivity contribution < 1.29 is 23.3 Å². The van der Waals surface area contributed by atoms with Gasteiger partial charge in [-0.1, -0.05) is 30.3 Å². The van der Waals surface area contributed by atoms with E-state index in [1.807, 2.05) is 32.0 Å². The van der Waals surface area contributed by atoms with Crippen LogP contribution in [-0.4, -0.2) is 46.1 Å². The molecule has 1 N–H and O–H groups in total. The van der Waals surface area contributed by atoms with Crippen LogP contribution in [0.1, 0.15) is 25.8 Å². The smallest absolute Gasteiger partial charge is 0.536 e. The number of pyridine rings is 1. The molecule has 0 fully saturated rings. The van der Waals surface area contributed by atoms with Gasteiger partial charge in [0.15, 0.2) is 0 Å². The molecular formula is C19H27BNO5Si. The van der Waals surface area contributed by atoms with Gasteiger partial charge in [-0.05, 0) is 43.1 Å². The zero-order valence-electron chi connectivity index (χ0n) is 16.0. The Balaban J connectivity index is 1.89. The summed E-state index contributed by atoms with van der Waals surface area (Å²) in [6, 6.07) is 12.9. The lowest BCUT2D eigenvalue weighted by Crippen LogP contribution is -2.54. The van der Waals surface area contributed by atoms with Crippen molar-refractivity contribution in [2.45, 2.75) is 32.9 Å². The summed E-state index contributed by atoms with van der Waals surface area (Å²) in [7, 11) is -1.83. The summed E-state index contributed by atoms with van der Waals surface area (Å²) in [5.74, 6) is 0.474. The van der Waals surface area contributed by atoms with Gasteiger partial charge in [0.05, 0.1) is 12.8 Å². The Hall–Kier alpha value is -1.71. The van der Waals surface area contributed by atoms with Crippen LogP contribution >= 0.6 is 0 Å². The van der Waals surface area contributed by atoms with Crippen molar-refractivity contribution in [2.75, 3.05) is 19.8 Å². The molecule has 0 spiro atoms. The Labute approximate surface area is 163 Å². The van der Waals surface area contributed by atoms with Crippen LogP contribution in [0.15, 0.2) is 48.8 Å². The SMILES string of the molecule is CCO[Si](CCCOCc1cncc(O[B]O)c1)(OCC)c1ccccc1. The van der Waals surface area contributed by atoms with Gasteiger partial charge in [0.2, 0.25) is 0 Å². The Bertz CT molecular complexity index is 656. The number of benzene rings is 1. The minimum absolute atomic E-state index is 0.429. The molecule has 0 unspecified atom stereocenters. The third-order valence-electron chi connectivity index (χ3n) is 3.99. The highest BCUT2D eigenvalue weighted by Gasteiger charge is 2.38. The highest BCUT2D eigenvalue weighted by molar-refractivity contribution is 6.81. The zero-order valence-corrected chi connectivity index (χ0v) is 17.0. The second-order valence-corrected chi connectivity index (χ2v) is 9.05. The van der Waals surface area contributed by atoms with Gasteiger partial charge < -0.3 is 23.3 Å². The van der Waals surface area contributed by atoms with Crippen LogP contribution < -0.4 is 9.84 Å². The van der Waals surface area contributed by atoms with Crippen LogP contribution in [0.3, 0.4) is 0 Å². The molecular weight excluding hydrogens is 361 g/mol. The molecule has 0 amide bonds. The second kappa shape index (κ2) is 11.9. The van der Waals surface area contributed by atoms with Crippen LogP contribution in [0.2, 0.25) is 6.04 Å². The predicted molar refractivity (Wildman–Crippen MR) is 107 cm³/mol. The van der Waals surface area contributed by atoms with E-state index in [9.17, 15) is 0 Å². The lowest BCUT2D eigenvalue weighted by Gasteiger charge is -2.30. The summed E-state index contributed by atoms with van der Waals surface area (Å²) in [6.07, 6.45) is 4.09. The van der Waals surface area contributed by atoms with Gasteiger partial charge in [-0.3, -0.25) is 4.98 Å². The maximum absolute atomic E-state index is 8.69. The quantitative estimate of drug-likeness (QED) is 0.420. The standard InChI is InChI=1S/C19H27BNO5Si/c1-3-24-27(25-4-2,19-9-6-5-7-10-19)12-8-11-23-16-17-13-18(26-20-22)15-21-14-17/h5-7,9-10,13-15,22H,3-4,8,11-12,16H2,1-2H3. The van der Waals surface area contributed by atoms with E-state index < -0.39 is 8.56 Å². The summed E-state index contributed by atoms with van der Waals surface area (Å²) < 4.78 is 23.0. The Kier molecular flexibility index (Phi) is 9.51. The van der Waals surface area contributed by atoms with E-state index in [1.165, 1.54) is 6.20 Å². The molecule has 0 atom stereocenters. The van der Waals surface area contributed by atoms with Crippen LogP contribution in [0.5, 0.6) is 5.75 Å². The summed E-state index contributed by atoms with van der Waals surface area (Å²) in [5.41, 5.74) is 0.885. The lowest BCUT2D eigenvalue weighted by molar-refractivity contribution is 0.117. The van der Waals surface area contributed by atoms with Gasteiger partial charge in [0, 0.05) is 26.0 Å². The van der Waals surface area contributed by atoms with Crippen LogP contribution in [0, 0.1) is 0 Å². The highest BCUT2D eigenvalue weighted by Crippen LogP contribution is 2.18. The maximum atomic E-state index is 8.69. The highest BCUT2D eigenvalue weighted by atomic mass is 28.4. The van der Waals surface area contributed by atoms with Gasteiger partial charge in [0.25, 0.3) is 0 Å². The van der Waals surface area contributed by atoms with E-state index in [2.05, 4.69) is 17.1 Å². The summed E-state index contributed by atoms with van der Waals surface area (Å²) in [6.45, 7) is 6.29. The molecule has 1 heterocycles. The fourth-order valence-corrected chi connectivity index (χ4v) is 6.16. The Morgan fingerprint density at radius 2 is 1.81 bits per heavy atom. The van der Waals surface area contributed by atoms with Crippen LogP contribution in [-0.2, 0) is 20.2 Å². The first-order valence-electron chi connectivity index (χ1n) is 9.21. The molecule has 6 nitrogen and oxygen atoms in total. The molecule has 0 saturated heterocycles. The molecule has 1 radical (unpaired) electrons. The molecule has 1 aromatic heterocycles. The molecule has 2 aromatic rings. The van der Waals surface area contributed by atoms with Gasteiger partial charge in [0.1, 0.15) is 5.75 Å². The van der Waals surface area contributed by atoms with Gasteiger partial charge in [-0.2, -0.15) is 0 Å². The van der Waals surface area contributed by atoms with E-state index in [1.54, 1.807) is 12.3 Å². The molecule has 145 valence electrons. The molecule has 8 heteroatoms. The van der Waals surface area contributed by atoms with E-state index >= 15 is 0 Å². The average molecular weight is 388 g/mol. The normalized spacial score (nSPS) is 11.4. The van der Waals surface area contributed by atoms with E-state index in [0.717, 1.165) is 23.2 Å². The summed E-state index contributed by atoms with van der Waals surface area (Å²) in [5, 5.41) is 9.84. The molecule has 0 aliphatic rings. The molecule has 1 aromatic carbocycles. The second-order valence-electron chi connectivity index (χ2n) is 5.89. The van der Waals surface area contributed by atoms with E-state index in [-0.39, 0.29) is 0 Å². The number of hydrogen-bond donors (Lipinski definition) is 1. The number of hydrogen-bond acceptors (Lipinski definition) is 6. The summed E-state index contributed by atoms with van der Waals surface area (Å²) >= 11 is 0. The maximum Gasteiger partial charge on any atom is 0.569 e. The minimum Gasteiger partial charge on any atom is -0.536 e. The van der Waals surface area contributed by atoms with E-state index in [4.69, 9.17) is 23.3 Å². The first-order chi connectivity index (χ1) is 13.2. The van der Waals surface area contributed by atoms with Crippen molar-refractivity contribution in [2.24, 2.45) is 0 Å². The topological polar surface area (TPSA) is 70.0 Å². The molecule has 27 heavy (non-hydrogen) atoms. The van der Waals surface area contributed by atoms with Crippen molar-refractivity contribution >= 4 is 21.4 Å². The minimum atomic E-state index is -2.46. The van der Waals surface area contributed by atoms with Crippen molar-refractivity contribution in [3.05, 3.63) is 54.4 Å². The lowest BCUT2D eigenvalue weighted by atomic mass is 10.3. The van der Waals surface area contributed by atoms with Crippen LogP contribution in [0.25, 0.3) is 0 Å². The molecule has 2 rings (SSSR count). The van der Waals surface area contributed by atoms with Gasteiger partial charge in [-0.15, -0.1) is 0 Å². The molecule has 0 aliphatic heterocycles. The van der Waals surface area contributed by atoms with Gasteiger partial charge >= 0.3 is 16.2 Å². The third-order valence-corrected chi connectivity index (χ3v) is 7.73. The summed E-state index contributed by atoms with van der Waals surface area (Å²) in [4.78, 5) is 4.06. The van der Waals surface area contributed by atoms with Crippen molar-refractivity contribution in [3.8, 4) is 5.75 Å². The Morgan fingerprint density at radius 1 is 1.07 bits per heavy atom. The van der Waals surface area contributed by atoms with Crippen molar-refractivity contribution in [1.29, 1.82) is 0 Å². The fourth-order valence-electron chi connectivity index (χ4n) is 2.92. The zero-order chi connectivity index (χ0) is 19.4. The predicted octanol–water partition coefficient (Wildman–Crippen LogP) is 2.32. The largest absolute Gasteiger partial charge is 0.569 e. The van der Waals surface area contributed by atoms with Crippen LogP contribution in [0.4, 0.5) is 0 Å². The van der Waals surface area contributed by atoms with E-state index in [0.29, 0.717) is 39.9 Å². The monoisotopic (exact) mass is 388 g/mol. The van der Waals surface area contributed by atoms with Crippen molar-refractivity contribution in [3.63, 3.8) is 0 Å². The number of ether oxygens (including phenoxy) is 1. The molecule has 0 bridgehead atoms. The number of nitrogens with zero attached hydrogens (tertiary/aromatic N) is 1. The third kappa shape index (κ3) is 6.75. The van der Waals surface area contributed by atoms with Crippen molar-refractivity contribution in [1.82, 2.24) is 4.98 Å².